The Morgan fingerprint density at radius 1 is 0.830 bits per heavy atom. The second-order valence-electron chi connectivity index (χ2n) is 11.9. The van der Waals surface area contributed by atoms with Gasteiger partial charge in [0, 0.05) is 29.6 Å². The molecule has 2 amide bonds. The number of sulfonamides is 1. The summed E-state index contributed by atoms with van der Waals surface area (Å²) in [7, 11) is -1.36. The third-order valence-electron chi connectivity index (χ3n) is 7.33. The topological polar surface area (TPSA) is 105 Å². The predicted molar refractivity (Wildman–Crippen MR) is 184 cm³/mol. The maximum absolute atomic E-state index is 14.6. The van der Waals surface area contributed by atoms with E-state index in [9.17, 15) is 18.0 Å². The molecule has 4 rings (SSSR count). The summed E-state index contributed by atoms with van der Waals surface area (Å²) in [6.07, 6.45) is 0.181. The molecule has 47 heavy (non-hydrogen) atoms. The van der Waals surface area contributed by atoms with E-state index in [4.69, 9.17) is 21.1 Å². The van der Waals surface area contributed by atoms with Gasteiger partial charge in [0.05, 0.1) is 24.8 Å². The number of benzene rings is 4. The highest BCUT2D eigenvalue weighted by Crippen LogP contribution is 2.34. The van der Waals surface area contributed by atoms with Crippen LogP contribution >= 0.6 is 11.6 Å². The number of hydrogen-bond acceptors (Lipinski definition) is 6. The summed E-state index contributed by atoms with van der Waals surface area (Å²) in [6.45, 7) is 4.91. The molecule has 4 aromatic carbocycles. The lowest BCUT2D eigenvalue weighted by Crippen LogP contribution is -2.56. The summed E-state index contributed by atoms with van der Waals surface area (Å²) in [5.74, 6) is -0.318. The normalized spacial score (nSPS) is 12.1. The van der Waals surface area contributed by atoms with Crippen LogP contribution in [0.1, 0.15) is 31.9 Å². The molecule has 11 heteroatoms. The van der Waals surface area contributed by atoms with Crippen LogP contribution in [-0.4, -0.2) is 57.5 Å². The van der Waals surface area contributed by atoms with Gasteiger partial charge in [-0.05, 0) is 62.2 Å². The van der Waals surface area contributed by atoms with Crippen molar-refractivity contribution in [2.24, 2.45) is 0 Å². The molecule has 0 aromatic heterocycles. The van der Waals surface area contributed by atoms with E-state index in [2.05, 4.69) is 5.32 Å². The number of anilines is 1. The van der Waals surface area contributed by atoms with Crippen molar-refractivity contribution in [3.05, 3.63) is 119 Å². The molecule has 0 saturated heterocycles. The van der Waals surface area contributed by atoms with Gasteiger partial charge in [0.2, 0.25) is 11.8 Å². The van der Waals surface area contributed by atoms with Crippen LogP contribution in [0.4, 0.5) is 5.69 Å². The Balaban J connectivity index is 1.86. The van der Waals surface area contributed by atoms with E-state index >= 15 is 0 Å². The van der Waals surface area contributed by atoms with Crippen LogP contribution in [0.5, 0.6) is 11.5 Å². The van der Waals surface area contributed by atoms with Crippen molar-refractivity contribution in [3.63, 3.8) is 0 Å². The largest absolute Gasteiger partial charge is 0.493 e. The average Bonchev–Trinajstić information content (AvgIpc) is 3.05. The molecule has 0 bridgehead atoms. The van der Waals surface area contributed by atoms with E-state index in [0.29, 0.717) is 16.3 Å². The van der Waals surface area contributed by atoms with Crippen LogP contribution in [0.3, 0.4) is 0 Å². The van der Waals surface area contributed by atoms with Gasteiger partial charge in [-0.15, -0.1) is 0 Å². The van der Waals surface area contributed by atoms with Crippen LogP contribution in [0.2, 0.25) is 5.02 Å². The van der Waals surface area contributed by atoms with E-state index < -0.39 is 34.1 Å². The summed E-state index contributed by atoms with van der Waals surface area (Å²) >= 11 is 6.57. The number of hydrogen-bond donors (Lipinski definition) is 1. The Bertz CT molecular complexity index is 1780. The van der Waals surface area contributed by atoms with E-state index in [1.807, 2.05) is 51.1 Å². The number of methoxy groups -OCH3 is 2. The minimum atomic E-state index is -4.28. The van der Waals surface area contributed by atoms with Gasteiger partial charge in [0.15, 0.2) is 11.5 Å². The third kappa shape index (κ3) is 9.05. The number of halogens is 1. The number of carbonyl (C=O) groups excluding carboxylic acids is 2. The SMILES string of the molecule is COc1ccc(N(CC(=O)N(Cc2ccccc2Cl)[C@H](Cc2ccccc2)C(=O)NC(C)(C)C)S(=O)(=O)c2ccccc2)cc1OC. The minimum absolute atomic E-state index is 0.00782. The molecule has 0 heterocycles. The van der Waals surface area contributed by atoms with E-state index in [-0.39, 0.29) is 35.2 Å². The van der Waals surface area contributed by atoms with Crippen molar-refractivity contribution in [1.82, 2.24) is 10.2 Å². The highest BCUT2D eigenvalue weighted by atomic mass is 35.5. The molecular weight excluding hydrogens is 638 g/mol. The molecule has 4 aromatic rings. The molecule has 0 aliphatic heterocycles. The van der Waals surface area contributed by atoms with E-state index in [0.717, 1.165) is 9.87 Å². The maximum Gasteiger partial charge on any atom is 0.264 e. The first-order chi connectivity index (χ1) is 22.3. The van der Waals surface area contributed by atoms with Gasteiger partial charge in [-0.2, -0.15) is 0 Å². The first kappa shape index (κ1) is 35.3. The lowest BCUT2D eigenvalue weighted by molar-refractivity contribution is -0.140. The van der Waals surface area contributed by atoms with Gasteiger partial charge >= 0.3 is 0 Å². The molecule has 0 aliphatic rings. The molecule has 0 saturated carbocycles. The second kappa shape index (κ2) is 15.4. The van der Waals surface area contributed by atoms with Gasteiger partial charge in [0.1, 0.15) is 12.6 Å². The first-order valence-electron chi connectivity index (χ1n) is 15.0. The summed E-state index contributed by atoms with van der Waals surface area (Å²) in [5.41, 5.74) is 1.00. The smallest absolute Gasteiger partial charge is 0.264 e. The fraction of sp³-hybridized carbons (Fsp3) is 0.278. The van der Waals surface area contributed by atoms with Gasteiger partial charge in [-0.3, -0.25) is 13.9 Å². The Kier molecular flexibility index (Phi) is 11.5. The Morgan fingerprint density at radius 2 is 1.43 bits per heavy atom. The number of amides is 2. The summed E-state index contributed by atoms with van der Waals surface area (Å²) in [6, 6.07) is 27.9. The van der Waals surface area contributed by atoms with Gasteiger partial charge < -0.3 is 19.7 Å². The first-order valence-corrected chi connectivity index (χ1v) is 16.8. The molecule has 9 nitrogen and oxygen atoms in total. The maximum atomic E-state index is 14.6. The van der Waals surface area contributed by atoms with Crippen molar-refractivity contribution in [1.29, 1.82) is 0 Å². The van der Waals surface area contributed by atoms with E-state index in [1.54, 1.807) is 54.6 Å². The molecule has 0 fully saturated rings. The van der Waals surface area contributed by atoms with Crippen molar-refractivity contribution in [2.75, 3.05) is 25.1 Å². The number of nitrogens with one attached hydrogen (secondary N) is 1. The lowest BCUT2D eigenvalue weighted by Gasteiger charge is -2.35. The Morgan fingerprint density at radius 3 is 2.02 bits per heavy atom. The van der Waals surface area contributed by atoms with Crippen molar-refractivity contribution < 1.29 is 27.5 Å². The molecule has 0 spiro atoms. The highest BCUT2D eigenvalue weighted by molar-refractivity contribution is 7.92. The third-order valence-corrected chi connectivity index (χ3v) is 9.49. The molecular formula is C36H40ClN3O6S. The zero-order valence-corrected chi connectivity index (χ0v) is 28.7. The highest BCUT2D eigenvalue weighted by Gasteiger charge is 2.36. The molecule has 0 aliphatic carbocycles. The number of ether oxygens (including phenoxy) is 2. The average molecular weight is 678 g/mol. The zero-order chi connectivity index (χ0) is 34.2. The fourth-order valence-corrected chi connectivity index (χ4v) is 6.67. The second-order valence-corrected chi connectivity index (χ2v) is 14.2. The minimum Gasteiger partial charge on any atom is -0.493 e. The summed E-state index contributed by atoms with van der Waals surface area (Å²) in [5, 5.41) is 3.43. The van der Waals surface area contributed by atoms with Crippen LogP contribution < -0.4 is 19.1 Å². The van der Waals surface area contributed by atoms with Crippen molar-refractivity contribution in [3.8, 4) is 11.5 Å². The molecule has 0 radical (unpaired) electrons. The lowest BCUT2D eigenvalue weighted by atomic mass is 10.0. The molecule has 0 unspecified atom stereocenters. The van der Waals surface area contributed by atoms with Crippen LogP contribution in [-0.2, 0) is 32.6 Å². The van der Waals surface area contributed by atoms with Crippen LogP contribution in [0.15, 0.2) is 108 Å². The number of rotatable bonds is 13. The van der Waals surface area contributed by atoms with Crippen molar-refractivity contribution in [2.45, 2.75) is 50.2 Å². The van der Waals surface area contributed by atoms with Gasteiger partial charge in [-0.1, -0.05) is 78.3 Å². The van der Waals surface area contributed by atoms with E-state index in [1.165, 1.54) is 37.3 Å². The quantitative estimate of drug-likeness (QED) is 0.183. The van der Waals surface area contributed by atoms with Gasteiger partial charge in [-0.25, -0.2) is 8.42 Å². The fourth-order valence-electron chi connectivity index (χ4n) is 5.05. The summed E-state index contributed by atoms with van der Waals surface area (Å²) < 4.78 is 40.3. The number of nitrogens with zero attached hydrogens (tertiary/aromatic N) is 2. The Hall–Kier alpha value is -4.54. The van der Waals surface area contributed by atoms with Crippen LogP contribution in [0, 0.1) is 0 Å². The molecule has 1 atom stereocenters. The monoisotopic (exact) mass is 677 g/mol. The van der Waals surface area contributed by atoms with Crippen LogP contribution in [0.25, 0.3) is 0 Å². The zero-order valence-electron chi connectivity index (χ0n) is 27.1. The molecule has 1 N–H and O–H groups in total. The predicted octanol–water partition coefficient (Wildman–Crippen LogP) is 6.11. The summed E-state index contributed by atoms with van der Waals surface area (Å²) in [4.78, 5) is 30.1. The Labute approximate surface area is 282 Å². The molecule has 248 valence electrons. The van der Waals surface area contributed by atoms with Gasteiger partial charge in [0.25, 0.3) is 10.0 Å². The standard InChI is InChI=1S/C36H40ClN3O6S/c1-36(2,3)38-35(42)31(22-26-14-8-6-9-15-26)39(24-27-16-12-13-19-30(27)37)34(41)25-40(47(43,44)29-17-10-7-11-18-29)28-20-21-32(45-4)33(23-28)46-5/h6-21,23,31H,22,24-25H2,1-5H3,(H,38,42)/t31-/m1/s1. The number of carbonyl (C=O) groups is 2. The van der Waals surface area contributed by atoms with Crippen molar-refractivity contribution >= 4 is 39.1 Å².